The molecule has 2 heteroatoms. The summed E-state index contributed by atoms with van der Waals surface area (Å²) in [6, 6.07) is 23.5. The standard InChI is InChI=1S/C17H14N2/c1-2-7-13(8-3-1)17-16-11-6-12-19(16)15-10-5-4-9-14(15)18-17/h1-12,17-18H. The summed E-state index contributed by atoms with van der Waals surface area (Å²) in [6.45, 7) is 0. The van der Waals surface area contributed by atoms with Gasteiger partial charge in [-0.15, -0.1) is 0 Å². The number of fused-ring (bicyclic) bond motifs is 3. The van der Waals surface area contributed by atoms with Crippen LogP contribution in [0.1, 0.15) is 17.3 Å². The summed E-state index contributed by atoms with van der Waals surface area (Å²) < 4.78 is 2.27. The van der Waals surface area contributed by atoms with Gasteiger partial charge in [-0.3, -0.25) is 0 Å². The minimum atomic E-state index is 0.214. The summed E-state index contributed by atoms with van der Waals surface area (Å²) in [5, 5.41) is 3.63. The molecule has 19 heavy (non-hydrogen) atoms. The maximum absolute atomic E-state index is 3.63. The molecule has 2 nitrogen and oxygen atoms in total. The largest absolute Gasteiger partial charge is 0.371 e. The predicted molar refractivity (Wildman–Crippen MR) is 77.7 cm³/mol. The number of rotatable bonds is 1. The lowest BCUT2D eigenvalue weighted by molar-refractivity contribution is 0.810. The zero-order chi connectivity index (χ0) is 12.7. The van der Waals surface area contributed by atoms with Crippen LogP contribution in [0.2, 0.25) is 0 Å². The molecule has 0 saturated carbocycles. The third-order valence-electron chi connectivity index (χ3n) is 3.67. The molecule has 1 aliphatic rings. The third-order valence-corrected chi connectivity index (χ3v) is 3.67. The number of hydrogen-bond acceptors (Lipinski definition) is 1. The van der Waals surface area contributed by atoms with Crippen molar-refractivity contribution in [2.24, 2.45) is 0 Å². The van der Waals surface area contributed by atoms with E-state index in [0.717, 1.165) is 0 Å². The molecule has 2 aromatic carbocycles. The van der Waals surface area contributed by atoms with Crippen LogP contribution in [0.25, 0.3) is 5.69 Å². The highest BCUT2D eigenvalue weighted by Gasteiger charge is 2.24. The van der Waals surface area contributed by atoms with Crippen LogP contribution >= 0.6 is 0 Å². The highest BCUT2D eigenvalue weighted by atomic mass is 15.1. The Labute approximate surface area is 112 Å². The average molecular weight is 246 g/mol. The Bertz CT molecular complexity index is 713. The Morgan fingerprint density at radius 1 is 0.789 bits per heavy atom. The summed E-state index contributed by atoms with van der Waals surface area (Å²) in [4.78, 5) is 0. The van der Waals surface area contributed by atoms with Gasteiger partial charge in [0.2, 0.25) is 0 Å². The summed E-state index contributed by atoms with van der Waals surface area (Å²) >= 11 is 0. The normalized spacial score (nSPS) is 16.3. The molecule has 1 unspecified atom stereocenters. The zero-order valence-electron chi connectivity index (χ0n) is 10.5. The van der Waals surface area contributed by atoms with Gasteiger partial charge >= 0.3 is 0 Å². The lowest BCUT2D eigenvalue weighted by Gasteiger charge is -2.29. The second-order valence-corrected chi connectivity index (χ2v) is 4.81. The molecule has 1 atom stereocenters. The van der Waals surface area contributed by atoms with Gasteiger partial charge in [0.15, 0.2) is 0 Å². The Morgan fingerprint density at radius 3 is 2.47 bits per heavy atom. The van der Waals surface area contributed by atoms with E-state index >= 15 is 0 Å². The molecule has 0 radical (unpaired) electrons. The fourth-order valence-corrected chi connectivity index (χ4v) is 2.78. The van der Waals surface area contributed by atoms with Crippen molar-refractivity contribution in [1.29, 1.82) is 0 Å². The Kier molecular flexibility index (Phi) is 2.21. The average Bonchev–Trinajstić information content (AvgIpc) is 2.97. The van der Waals surface area contributed by atoms with E-state index < -0.39 is 0 Å². The van der Waals surface area contributed by atoms with Crippen molar-refractivity contribution < 1.29 is 0 Å². The fraction of sp³-hybridized carbons (Fsp3) is 0.0588. The van der Waals surface area contributed by atoms with Gasteiger partial charge in [0.05, 0.1) is 17.4 Å². The third kappa shape index (κ3) is 1.57. The highest BCUT2D eigenvalue weighted by molar-refractivity contribution is 5.66. The van der Waals surface area contributed by atoms with Crippen LogP contribution in [0.15, 0.2) is 72.9 Å². The molecule has 0 aliphatic carbocycles. The van der Waals surface area contributed by atoms with E-state index in [1.165, 1.54) is 22.6 Å². The van der Waals surface area contributed by atoms with E-state index in [2.05, 4.69) is 82.8 Å². The first kappa shape index (κ1) is 10.4. The van der Waals surface area contributed by atoms with E-state index in [1.54, 1.807) is 0 Å². The summed E-state index contributed by atoms with van der Waals surface area (Å²) in [5.41, 5.74) is 4.97. The van der Waals surface area contributed by atoms with Crippen LogP contribution in [-0.2, 0) is 0 Å². The molecular formula is C17H14N2. The van der Waals surface area contributed by atoms with Crippen molar-refractivity contribution in [3.05, 3.63) is 84.2 Å². The molecular weight excluding hydrogens is 232 g/mol. The fourth-order valence-electron chi connectivity index (χ4n) is 2.78. The van der Waals surface area contributed by atoms with Crippen LogP contribution in [-0.4, -0.2) is 4.57 Å². The number of nitrogens with zero attached hydrogens (tertiary/aromatic N) is 1. The Hall–Kier alpha value is -2.48. The minimum absolute atomic E-state index is 0.214. The van der Waals surface area contributed by atoms with Crippen molar-refractivity contribution >= 4 is 5.69 Å². The first-order valence-corrected chi connectivity index (χ1v) is 6.51. The predicted octanol–water partition coefficient (Wildman–Crippen LogP) is 3.99. The van der Waals surface area contributed by atoms with E-state index in [9.17, 15) is 0 Å². The second-order valence-electron chi connectivity index (χ2n) is 4.81. The maximum atomic E-state index is 3.63. The van der Waals surface area contributed by atoms with Crippen molar-refractivity contribution in [3.8, 4) is 5.69 Å². The topological polar surface area (TPSA) is 17.0 Å². The summed E-state index contributed by atoms with van der Waals surface area (Å²) in [6.07, 6.45) is 2.13. The molecule has 0 amide bonds. The molecule has 0 spiro atoms. The van der Waals surface area contributed by atoms with Crippen molar-refractivity contribution in [2.45, 2.75) is 6.04 Å². The van der Waals surface area contributed by atoms with Crippen LogP contribution in [0.4, 0.5) is 5.69 Å². The van der Waals surface area contributed by atoms with Crippen LogP contribution < -0.4 is 5.32 Å². The highest BCUT2D eigenvalue weighted by Crippen LogP contribution is 2.36. The first-order valence-electron chi connectivity index (χ1n) is 6.51. The van der Waals surface area contributed by atoms with Crippen molar-refractivity contribution in [3.63, 3.8) is 0 Å². The minimum Gasteiger partial charge on any atom is -0.371 e. The lowest BCUT2D eigenvalue weighted by Crippen LogP contribution is -2.21. The van der Waals surface area contributed by atoms with Gasteiger partial charge in [-0.25, -0.2) is 0 Å². The lowest BCUT2D eigenvalue weighted by atomic mass is 10.0. The Balaban J connectivity index is 1.91. The molecule has 0 bridgehead atoms. The van der Waals surface area contributed by atoms with Gasteiger partial charge in [0, 0.05) is 11.9 Å². The van der Waals surface area contributed by atoms with E-state index in [-0.39, 0.29) is 6.04 Å². The number of hydrogen-bond donors (Lipinski definition) is 1. The summed E-state index contributed by atoms with van der Waals surface area (Å²) in [5.74, 6) is 0. The van der Waals surface area contributed by atoms with Crippen molar-refractivity contribution in [2.75, 3.05) is 5.32 Å². The molecule has 3 aromatic rings. The number of aromatic nitrogens is 1. The Morgan fingerprint density at radius 2 is 1.58 bits per heavy atom. The van der Waals surface area contributed by atoms with Gasteiger partial charge in [0.25, 0.3) is 0 Å². The number of benzene rings is 2. The smallest absolute Gasteiger partial charge is 0.0924 e. The number of para-hydroxylation sites is 2. The molecule has 1 aromatic heterocycles. The van der Waals surface area contributed by atoms with Crippen LogP contribution in [0, 0.1) is 0 Å². The second kappa shape index (κ2) is 4.02. The van der Waals surface area contributed by atoms with Gasteiger partial charge in [-0.05, 0) is 29.8 Å². The molecule has 2 heterocycles. The van der Waals surface area contributed by atoms with E-state index in [1.807, 2.05) is 0 Å². The first-order chi connectivity index (χ1) is 9.43. The number of anilines is 1. The van der Waals surface area contributed by atoms with Gasteiger partial charge < -0.3 is 9.88 Å². The van der Waals surface area contributed by atoms with E-state index in [4.69, 9.17) is 0 Å². The molecule has 0 fully saturated rings. The zero-order valence-corrected chi connectivity index (χ0v) is 10.5. The summed E-state index contributed by atoms with van der Waals surface area (Å²) in [7, 11) is 0. The van der Waals surface area contributed by atoms with Gasteiger partial charge in [-0.1, -0.05) is 42.5 Å². The van der Waals surface area contributed by atoms with E-state index in [0.29, 0.717) is 0 Å². The van der Waals surface area contributed by atoms with Crippen LogP contribution in [0.5, 0.6) is 0 Å². The van der Waals surface area contributed by atoms with Gasteiger partial charge in [0.1, 0.15) is 0 Å². The number of nitrogens with one attached hydrogen (secondary N) is 1. The molecule has 0 saturated heterocycles. The molecule has 1 N–H and O–H groups in total. The maximum Gasteiger partial charge on any atom is 0.0924 e. The van der Waals surface area contributed by atoms with Crippen molar-refractivity contribution in [1.82, 2.24) is 4.57 Å². The van der Waals surface area contributed by atoms with Crippen LogP contribution in [0.3, 0.4) is 0 Å². The molecule has 4 rings (SSSR count). The van der Waals surface area contributed by atoms with Gasteiger partial charge in [-0.2, -0.15) is 0 Å². The quantitative estimate of drug-likeness (QED) is 0.687. The molecule has 92 valence electrons. The molecule has 1 aliphatic heterocycles. The SMILES string of the molecule is c1ccc(C2Nc3ccccc3-n3cccc32)cc1. The monoisotopic (exact) mass is 246 g/mol.